The normalized spacial score (nSPS) is 26.1. The number of hydrogen-bond acceptors (Lipinski definition) is 6. The van der Waals surface area contributed by atoms with Crippen LogP contribution in [0.25, 0.3) is 0 Å². The quantitative estimate of drug-likeness (QED) is 0.722. The van der Waals surface area contributed by atoms with Crippen molar-refractivity contribution in [2.45, 2.75) is 48.1 Å². The van der Waals surface area contributed by atoms with Gasteiger partial charge in [-0.3, -0.25) is 4.79 Å². The van der Waals surface area contributed by atoms with Crippen LogP contribution in [-0.2, 0) is 20.0 Å². The minimum atomic E-state index is -3.28. The lowest BCUT2D eigenvalue weighted by molar-refractivity contribution is -0.119. The summed E-state index contributed by atoms with van der Waals surface area (Å²) in [7, 11) is -3.28. The molecule has 146 valence electrons. The zero-order valence-corrected chi connectivity index (χ0v) is 18.1. The molecular formula is C18H21ClN2O3S3. The summed E-state index contributed by atoms with van der Waals surface area (Å²) in [5.74, 6) is 0.693. The number of thiazole rings is 1. The zero-order chi connectivity index (χ0) is 19.2. The summed E-state index contributed by atoms with van der Waals surface area (Å²) >= 11 is 8.40. The molecule has 1 amide bonds. The van der Waals surface area contributed by atoms with Crippen LogP contribution in [-0.4, -0.2) is 25.6 Å². The highest BCUT2D eigenvalue weighted by atomic mass is 35.5. The van der Waals surface area contributed by atoms with Gasteiger partial charge >= 0.3 is 0 Å². The molecule has 2 aromatic heterocycles. The molecule has 2 heterocycles. The number of hydrogen-bond donors (Lipinski definition) is 1. The molecule has 9 heteroatoms. The molecule has 2 saturated carbocycles. The molecule has 2 aromatic rings. The first-order valence-corrected chi connectivity index (χ1v) is 12.9. The molecular weight excluding hydrogens is 424 g/mol. The maximum absolute atomic E-state index is 13.3. The number of nitrogens with one attached hydrogen (secondary N) is 1. The largest absolute Gasteiger partial charge is 0.301 e. The Kier molecular flexibility index (Phi) is 5.12. The highest BCUT2D eigenvalue weighted by molar-refractivity contribution is 7.92. The van der Waals surface area contributed by atoms with Crippen molar-refractivity contribution >= 4 is 55.2 Å². The average molecular weight is 445 g/mol. The summed E-state index contributed by atoms with van der Waals surface area (Å²) in [6, 6.07) is 3.44. The number of thiophene rings is 1. The van der Waals surface area contributed by atoms with Crippen LogP contribution in [0.2, 0.25) is 4.34 Å². The Morgan fingerprint density at radius 2 is 2.00 bits per heavy atom. The number of nitrogens with zero attached hydrogens (tertiary/aromatic N) is 1. The smallest absolute Gasteiger partial charge is 0.237 e. The molecule has 0 aliphatic heterocycles. The fourth-order valence-corrected chi connectivity index (χ4v) is 7.33. The Bertz CT molecular complexity index is 962. The number of halogens is 1. The lowest BCUT2D eigenvalue weighted by Gasteiger charge is -2.25. The first-order valence-electron chi connectivity index (χ1n) is 9.04. The van der Waals surface area contributed by atoms with E-state index in [0.717, 1.165) is 24.1 Å². The highest BCUT2D eigenvalue weighted by Crippen LogP contribution is 2.62. The highest BCUT2D eigenvalue weighted by Gasteiger charge is 2.64. The predicted octanol–water partition coefficient (Wildman–Crippen LogP) is 4.74. The van der Waals surface area contributed by atoms with Gasteiger partial charge in [0.25, 0.3) is 0 Å². The summed E-state index contributed by atoms with van der Waals surface area (Å²) in [6.45, 7) is 0. The fourth-order valence-electron chi connectivity index (χ4n) is 4.33. The SMILES string of the molecule is CS(=O)(=O)c1ccc([C@@]2(C(=O)Nc3ncc(Cl)s3)C[C@H]2C2CCCCC2)s1. The minimum absolute atomic E-state index is 0.0917. The molecule has 27 heavy (non-hydrogen) atoms. The summed E-state index contributed by atoms with van der Waals surface area (Å²) in [5, 5.41) is 3.41. The van der Waals surface area contributed by atoms with Gasteiger partial charge in [-0.2, -0.15) is 0 Å². The lowest BCUT2D eigenvalue weighted by atomic mass is 9.82. The van der Waals surface area contributed by atoms with Crippen molar-refractivity contribution < 1.29 is 13.2 Å². The Balaban J connectivity index is 1.66. The second-order valence-corrected chi connectivity index (χ2v) is 12.5. The van der Waals surface area contributed by atoms with Crippen molar-refractivity contribution in [1.82, 2.24) is 4.98 Å². The minimum Gasteiger partial charge on any atom is -0.301 e. The molecule has 0 aromatic carbocycles. The van der Waals surface area contributed by atoms with E-state index >= 15 is 0 Å². The maximum Gasteiger partial charge on any atom is 0.237 e. The molecule has 0 unspecified atom stereocenters. The third-order valence-corrected chi connectivity index (χ3v) is 9.84. The molecule has 0 bridgehead atoms. The third kappa shape index (κ3) is 3.69. The summed E-state index contributed by atoms with van der Waals surface area (Å²) < 4.78 is 24.7. The van der Waals surface area contributed by atoms with Crippen molar-refractivity contribution in [3.8, 4) is 0 Å². The molecule has 1 N–H and O–H groups in total. The van der Waals surface area contributed by atoms with E-state index in [9.17, 15) is 13.2 Å². The Hall–Kier alpha value is -0.960. The third-order valence-electron chi connectivity index (χ3n) is 5.72. The Morgan fingerprint density at radius 3 is 2.59 bits per heavy atom. The van der Waals surface area contributed by atoms with Gasteiger partial charge in [-0.25, -0.2) is 13.4 Å². The molecule has 0 spiro atoms. The van der Waals surface area contributed by atoms with Crippen LogP contribution in [0.3, 0.4) is 0 Å². The number of amides is 1. The van der Waals surface area contributed by atoms with Gasteiger partial charge in [0.15, 0.2) is 15.0 Å². The van der Waals surface area contributed by atoms with E-state index in [1.807, 2.05) is 6.07 Å². The second kappa shape index (κ2) is 7.13. The van der Waals surface area contributed by atoms with Crippen LogP contribution in [0.4, 0.5) is 5.13 Å². The molecule has 2 aliphatic carbocycles. The van der Waals surface area contributed by atoms with Crippen LogP contribution in [0.5, 0.6) is 0 Å². The van der Waals surface area contributed by atoms with Gasteiger partial charge in [-0.05, 0) is 30.4 Å². The van der Waals surface area contributed by atoms with Gasteiger partial charge in [0.2, 0.25) is 5.91 Å². The summed E-state index contributed by atoms with van der Waals surface area (Å²) in [4.78, 5) is 18.3. The number of aromatic nitrogens is 1. The fraction of sp³-hybridized carbons (Fsp3) is 0.556. The van der Waals surface area contributed by atoms with E-state index in [1.54, 1.807) is 6.07 Å². The van der Waals surface area contributed by atoms with Crippen LogP contribution < -0.4 is 5.32 Å². The number of carbonyl (C=O) groups is 1. The Labute approximate surface area is 172 Å². The van der Waals surface area contributed by atoms with Crippen LogP contribution in [0, 0.1) is 11.8 Å². The van der Waals surface area contributed by atoms with E-state index in [0.29, 0.717) is 19.6 Å². The molecule has 0 saturated heterocycles. The van der Waals surface area contributed by atoms with E-state index in [2.05, 4.69) is 10.3 Å². The summed E-state index contributed by atoms with van der Waals surface area (Å²) in [6.07, 6.45) is 9.47. The monoisotopic (exact) mass is 444 g/mol. The average Bonchev–Trinajstić information content (AvgIpc) is 2.96. The first kappa shape index (κ1) is 19.4. The van der Waals surface area contributed by atoms with Crippen molar-refractivity contribution in [3.05, 3.63) is 27.5 Å². The van der Waals surface area contributed by atoms with Crippen LogP contribution in [0.1, 0.15) is 43.4 Å². The van der Waals surface area contributed by atoms with E-state index < -0.39 is 15.3 Å². The number of sulfone groups is 1. The zero-order valence-electron chi connectivity index (χ0n) is 14.9. The second-order valence-electron chi connectivity index (χ2n) is 7.49. The molecule has 4 rings (SSSR count). The van der Waals surface area contributed by atoms with Gasteiger partial charge in [0.1, 0.15) is 8.55 Å². The standard InChI is InChI=1S/C18H21ClN2O3S3/c1-27(23,24)15-8-7-13(25-15)18(9-12(18)11-5-3-2-4-6-11)16(22)21-17-20-10-14(19)26-17/h7-8,10-12H,2-6,9H2,1H3,(H,20,21,22)/t12-,18+/m0/s1. The number of rotatable bonds is 5. The molecule has 2 atom stereocenters. The molecule has 5 nitrogen and oxygen atoms in total. The van der Waals surface area contributed by atoms with Crippen molar-refractivity contribution in [1.29, 1.82) is 0 Å². The topological polar surface area (TPSA) is 76.1 Å². The maximum atomic E-state index is 13.3. The van der Waals surface area contributed by atoms with E-state index in [4.69, 9.17) is 11.6 Å². The summed E-state index contributed by atoms with van der Waals surface area (Å²) in [5.41, 5.74) is -0.645. The number of carbonyl (C=O) groups excluding carboxylic acids is 1. The predicted molar refractivity (Wildman–Crippen MR) is 110 cm³/mol. The van der Waals surface area contributed by atoms with E-state index in [1.165, 1.54) is 54.4 Å². The van der Waals surface area contributed by atoms with Gasteiger partial charge < -0.3 is 5.32 Å². The van der Waals surface area contributed by atoms with Gasteiger partial charge in [-0.1, -0.05) is 55.0 Å². The van der Waals surface area contributed by atoms with Crippen LogP contribution in [0.15, 0.2) is 22.5 Å². The molecule has 2 aliphatic rings. The lowest BCUT2D eigenvalue weighted by Crippen LogP contribution is -2.31. The van der Waals surface area contributed by atoms with Gasteiger partial charge in [-0.15, -0.1) is 11.3 Å². The molecule has 2 fully saturated rings. The molecule has 0 radical (unpaired) electrons. The van der Waals surface area contributed by atoms with Crippen molar-refractivity contribution in [2.75, 3.05) is 11.6 Å². The van der Waals surface area contributed by atoms with Gasteiger partial charge in [0, 0.05) is 11.1 Å². The van der Waals surface area contributed by atoms with Gasteiger partial charge in [0.05, 0.1) is 11.6 Å². The number of anilines is 1. The van der Waals surface area contributed by atoms with Crippen molar-refractivity contribution in [3.63, 3.8) is 0 Å². The van der Waals surface area contributed by atoms with E-state index in [-0.39, 0.29) is 11.8 Å². The first-order chi connectivity index (χ1) is 12.8. The van der Waals surface area contributed by atoms with Crippen LogP contribution >= 0.6 is 34.3 Å². The Morgan fingerprint density at radius 1 is 1.26 bits per heavy atom. The van der Waals surface area contributed by atoms with Crippen molar-refractivity contribution in [2.24, 2.45) is 11.8 Å².